The number of alkyl halides is 3. The highest BCUT2D eigenvalue weighted by Crippen LogP contribution is 2.26. The van der Waals surface area contributed by atoms with Gasteiger partial charge in [-0.2, -0.15) is 13.2 Å². The Kier molecular flexibility index (Phi) is 4.93. The molecule has 0 aliphatic carbocycles. The van der Waals surface area contributed by atoms with Crippen LogP contribution in [0.3, 0.4) is 0 Å². The minimum absolute atomic E-state index is 0.0265. The number of nitrogens with one attached hydrogen (secondary N) is 1. The number of aromatic nitrogens is 1. The summed E-state index contributed by atoms with van der Waals surface area (Å²) in [6.07, 6.45) is -4.44. The molecule has 5 nitrogen and oxygen atoms in total. The van der Waals surface area contributed by atoms with Crippen LogP contribution in [0.25, 0.3) is 0 Å². The maximum absolute atomic E-state index is 12.6. The number of nitrogens with zero attached hydrogens (tertiary/aromatic N) is 2. The summed E-state index contributed by atoms with van der Waals surface area (Å²) < 4.78 is 37.8. The zero-order chi connectivity index (χ0) is 15.5. The number of hydrogen-bond acceptors (Lipinski definition) is 4. The van der Waals surface area contributed by atoms with Crippen molar-refractivity contribution in [3.63, 3.8) is 0 Å². The molecular formula is C12H17F3N4O. The van der Waals surface area contributed by atoms with Crippen LogP contribution in [0.5, 0.6) is 0 Å². The molecule has 8 heteroatoms. The lowest BCUT2D eigenvalue weighted by atomic mass is 10.1. The van der Waals surface area contributed by atoms with Gasteiger partial charge in [0.1, 0.15) is 18.2 Å². The monoisotopic (exact) mass is 290 g/mol. The highest BCUT2D eigenvalue weighted by molar-refractivity contribution is 6.01. The number of halogens is 3. The number of amidine groups is 1. The molecule has 1 aromatic heterocycles. The smallest absolute Gasteiger partial charge is 0.395 e. The molecule has 0 radical (unpaired) electrons. The largest absolute Gasteiger partial charge is 0.405 e. The third kappa shape index (κ3) is 4.09. The van der Waals surface area contributed by atoms with Gasteiger partial charge in [0.2, 0.25) is 0 Å². The first kappa shape index (κ1) is 16.2. The summed E-state index contributed by atoms with van der Waals surface area (Å²) in [4.78, 5) is 4.94. The Morgan fingerprint density at radius 2 is 2.05 bits per heavy atom. The maximum atomic E-state index is 12.6. The van der Waals surface area contributed by atoms with Gasteiger partial charge in [0.05, 0.1) is 12.2 Å². The summed E-state index contributed by atoms with van der Waals surface area (Å²) in [6.45, 7) is 1.34. The van der Waals surface area contributed by atoms with Crippen molar-refractivity contribution in [2.75, 3.05) is 24.6 Å². The van der Waals surface area contributed by atoms with Crippen LogP contribution in [-0.4, -0.2) is 41.8 Å². The Bertz CT molecular complexity index is 502. The number of pyridine rings is 1. The molecule has 0 bridgehead atoms. The highest BCUT2D eigenvalue weighted by Gasteiger charge is 2.32. The van der Waals surface area contributed by atoms with Gasteiger partial charge in [-0.1, -0.05) is 0 Å². The van der Waals surface area contributed by atoms with E-state index >= 15 is 0 Å². The Balaban J connectivity index is 3.34. The van der Waals surface area contributed by atoms with Crippen LogP contribution in [-0.2, 0) is 0 Å². The van der Waals surface area contributed by atoms with Crippen molar-refractivity contribution in [1.82, 2.24) is 4.98 Å². The zero-order valence-electron chi connectivity index (χ0n) is 11.3. The van der Waals surface area contributed by atoms with Gasteiger partial charge in [-0.3, -0.25) is 5.41 Å². The molecule has 0 aromatic carbocycles. The van der Waals surface area contributed by atoms with Crippen LogP contribution in [0.15, 0.2) is 6.07 Å². The molecule has 0 saturated heterocycles. The van der Waals surface area contributed by atoms with E-state index in [-0.39, 0.29) is 23.8 Å². The highest BCUT2D eigenvalue weighted by atomic mass is 19.4. The minimum atomic E-state index is -4.44. The van der Waals surface area contributed by atoms with Crippen molar-refractivity contribution < 1.29 is 18.3 Å². The van der Waals surface area contributed by atoms with E-state index in [9.17, 15) is 13.2 Å². The van der Waals surface area contributed by atoms with Crippen LogP contribution in [0.1, 0.15) is 16.8 Å². The number of aryl methyl sites for hydroxylation is 2. The van der Waals surface area contributed by atoms with Crippen LogP contribution in [0.4, 0.5) is 19.0 Å². The van der Waals surface area contributed by atoms with E-state index in [1.165, 1.54) is 0 Å². The van der Waals surface area contributed by atoms with Gasteiger partial charge in [0, 0.05) is 12.2 Å². The van der Waals surface area contributed by atoms with Crippen LogP contribution < -0.4 is 10.6 Å². The van der Waals surface area contributed by atoms with E-state index in [2.05, 4.69) is 4.98 Å². The maximum Gasteiger partial charge on any atom is 0.405 e. The lowest BCUT2D eigenvalue weighted by Gasteiger charge is -2.27. The molecule has 0 spiro atoms. The van der Waals surface area contributed by atoms with Gasteiger partial charge in [-0.15, -0.1) is 0 Å². The molecule has 0 saturated carbocycles. The first-order valence-corrected chi connectivity index (χ1v) is 5.91. The topological polar surface area (TPSA) is 86.2 Å². The quantitative estimate of drug-likeness (QED) is 0.564. The average Bonchev–Trinajstić information content (AvgIpc) is 2.24. The molecule has 20 heavy (non-hydrogen) atoms. The molecule has 0 aliphatic heterocycles. The second-order valence-corrected chi connectivity index (χ2v) is 4.45. The summed E-state index contributed by atoms with van der Waals surface area (Å²) in [5.74, 6) is -0.378. The Morgan fingerprint density at radius 3 is 2.50 bits per heavy atom. The van der Waals surface area contributed by atoms with Crippen molar-refractivity contribution in [2.24, 2.45) is 5.73 Å². The molecule has 1 rings (SSSR count). The SMILES string of the molecule is Cc1cc(C)c(C(=N)N)c(N(CCO)CC(F)(F)F)n1. The third-order valence-corrected chi connectivity index (χ3v) is 2.63. The number of aliphatic hydroxyl groups is 1. The molecule has 0 aliphatic rings. The molecule has 112 valence electrons. The lowest BCUT2D eigenvalue weighted by Crippen LogP contribution is -2.38. The first-order chi connectivity index (χ1) is 9.15. The molecule has 0 atom stereocenters. The predicted octanol–water partition coefficient (Wildman–Crippen LogP) is 1.34. The van der Waals surface area contributed by atoms with Crippen molar-refractivity contribution >= 4 is 11.7 Å². The fraction of sp³-hybridized carbons (Fsp3) is 0.500. The molecular weight excluding hydrogens is 273 g/mol. The van der Waals surface area contributed by atoms with Crippen molar-refractivity contribution in [1.29, 1.82) is 5.41 Å². The first-order valence-electron chi connectivity index (χ1n) is 5.91. The van der Waals surface area contributed by atoms with Crippen molar-refractivity contribution in [2.45, 2.75) is 20.0 Å². The predicted molar refractivity (Wildman–Crippen MR) is 70.1 cm³/mol. The number of rotatable bonds is 5. The van der Waals surface area contributed by atoms with Gasteiger partial charge in [-0.25, -0.2) is 4.98 Å². The molecule has 1 aromatic rings. The second-order valence-electron chi connectivity index (χ2n) is 4.45. The minimum Gasteiger partial charge on any atom is -0.395 e. The van der Waals surface area contributed by atoms with Gasteiger partial charge < -0.3 is 15.7 Å². The van der Waals surface area contributed by atoms with Crippen molar-refractivity contribution in [3.8, 4) is 0 Å². The number of hydrogen-bond donors (Lipinski definition) is 3. The Labute approximate surface area is 114 Å². The molecule has 0 fully saturated rings. The summed E-state index contributed by atoms with van der Waals surface area (Å²) in [5.41, 5.74) is 6.69. The molecule has 0 unspecified atom stereocenters. The molecule has 0 amide bonds. The summed E-state index contributed by atoms with van der Waals surface area (Å²) in [5, 5.41) is 16.5. The van der Waals surface area contributed by atoms with Gasteiger partial charge >= 0.3 is 6.18 Å². The Morgan fingerprint density at radius 1 is 1.45 bits per heavy atom. The second kappa shape index (κ2) is 6.08. The van der Waals surface area contributed by atoms with Crippen LogP contribution >= 0.6 is 0 Å². The van der Waals surface area contributed by atoms with Crippen molar-refractivity contribution in [3.05, 3.63) is 22.9 Å². The van der Waals surface area contributed by atoms with Gasteiger partial charge in [0.15, 0.2) is 0 Å². The van der Waals surface area contributed by atoms with Crippen LogP contribution in [0.2, 0.25) is 0 Å². The van der Waals surface area contributed by atoms with E-state index in [0.29, 0.717) is 11.3 Å². The number of nitrogen functional groups attached to an aromatic ring is 1. The van der Waals surface area contributed by atoms with E-state index in [0.717, 1.165) is 4.90 Å². The summed E-state index contributed by atoms with van der Waals surface area (Å²) in [7, 11) is 0. The summed E-state index contributed by atoms with van der Waals surface area (Å²) in [6, 6.07) is 1.64. The number of anilines is 1. The standard InChI is InChI=1S/C12H17F3N4O/c1-7-5-8(2)18-11(9(7)10(16)17)19(3-4-20)6-12(13,14)15/h5,20H,3-4,6H2,1-2H3,(H3,16,17). The normalized spacial score (nSPS) is 11.5. The van der Waals surface area contributed by atoms with E-state index < -0.39 is 19.3 Å². The van der Waals surface area contributed by atoms with Crippen LogP contribution in [0, 0.1) is 19.3 Å². The fourth-order valence-electron chi connectivity index (χ4n) is 1.98. The van der Waals surface area contributed by atoms with Gasteiger partial charge in [-0.05, 0) is 25.5 Å². The zero-order valence-corrected chi connectivity index (χ0v) is 11.3. The van der Waals surface area contributed by atoms with E-state index in [1.807, 2.05) is 0 Å². The van der Waals surface area contributed by atoms with Gasteiger partial charge in [0.25, 0.3) is 0 Å². The third-order valence-electron chi connectivity index (χ3n) is 2.63. The lowest BCUT2D eigenvalue weighted by molar-refractivity contribution is -0.120. The average molecular weight is 290 g/mol. The summed E-state index contributed by atoms with van der Waals surface area (Å²) >= 11 is 0. The number of aliphatic hydroxyl groups excluding tert-OH is 1. The number of nitrogens with two attached hydrogens (primary N) is 1. The van der Waals surface area contributed by atoms with E-state index in [4.69, 9.17) is 16.2 Å². The van der Waals surface area contributed by atoms with E-state index in [1.54, 1.807) is 19.9 Å². The molecule has 1 heterocycles. The fourth-order valence-corrected chi connectivity index (χ4v) is 1.98. The Hall–Kier alpha value is -1.83. The molecule has 4 N–H and O–H groups in total.